The van der Waals surface area contributed by atoms with Gasteiger partial charge in [-0.05, 0) is 313 Å². The van der Waals surface area contributed by atoms with Gasteiger partial charge in [0, 0.05) is 37.9 Å². The summed E-state index contributed by atoms with van der Waals surface area (Å²) >= 11 is 0. The monoisotopic (exact) mass is 1120 g/mol. The van der Waals surface area contributed by atoms with E-state index in [1.54, 1.807) is 49.1 Å². The summed E-state index contributed by atoms with van der Waals surface area (Å²) < 4.78 is 21.9. The molecule has 9 aliphatic rings. The molecule has 0 spiro atoms. The molecule has 12 rings (SSSR count). The summed E-state index contributed by atoms with van der Waals surface area (Å²) in [6, 6.07) is 22.4. The van der Waals surface area contributed by atoms with Gasteiger partial charge in [-0.3, -0.25) is 4.79 Å². The summed E-state index contributed by atoms with van der Waals surface area (Å²) in [5.41, 5.74) is 10.8. The van der Waals surface area contributed by atoms with Crippen LogP contribution in [0.5, 0.6) is 17.2 Å². The smallest absolute Gasteiger partial charge is 0.209 e. The van der Waals surface area contributed by atoms with E-state index in [9.17, 15) is 4.79 Å². The minimum Gasteiger partial charge on any atom is -0.497 e. The topological polar surface area (TPSA) is 72.5 Å². The molecule has 0 aromatic heterocycles. The molecule has 9 aliphatic carbocycles. The van der Waals surface area contributed by atoms with Crippen molar-refractivity contribution in [1.82, 2.24) is 15.1 Å². The van der Waals surface area contributed by atoms with Crippen molar-refractivity contribution in [2.75, 3.05) is 61.2 Å². The third-order valence-corrected chi connectivity index (χ3v) is 24.9. The van der Waals surface area contributed by atoms with E-state index < -0.39 is 0 Å². The van der Waals surface area contributed by atoms with Crippen LogP contribution in [-0.2, 0) is 28.8 Å². The Morgan fingerprint density at radius 2 is 0.988 bits per heavy atom. The van der Waals surface area contributed by atoms with Crippen molar-refractivity contribution >= 4 is 6.41 Å². The van der Waals surface area contributed by atoms with Gasteiger partial charge >= 0.3 is 0 Å². The molecule has 0 saturated heterocycles. The lowest BCUT2D eigenvalue weighted by atomic mass is 9.55. The Hall–Kier alpha value is -3.59. The van der Waals surface area contributed by atoms with Gasteiger partial charge in [0.1, 0.15) is 17.2 Å². The molecule has 0 bridgehead atoms. The van der Waals surface area contributed by atoms with Gasteiger partial charge in [-0.15, -0.1) is 0 Å². The molecule has 1 N–H and O–H groups in total. The Morgan fingerprint density at radius 1 is 0.561 bits per heavy atom. The lowest BCUT2D eigenvalue weighted by Crippen LogP contribution is -2.50. The highest BCUT2D eigenvalue weighted by Gasteiger charge is 2.58. The fraction of sp³-hybridized carbons (Fsp3) is 0.743. The molecule has 0 unspecified atom stereocenters. The number of benzene rings is 3. The van der Waals surface area contributed by atoms with Gasteiger partial charge in [0.25, 0.3) is 0 Å². The number of nitrogens with zero attached hydrogens (tertiary/aromatic N) is 2. The number of amides is 1. The van der Waals surface area contributed by atoms with Crippen molar-refractivity contribution in [3.63, 3.8) is 0 Å². The standard InChI is InChI=1S/C25H37NO2.C25H39NO.C24H37NO2/c1-17(2)12-14-26(16-27)24-10-9-23-22-7-5-18-15-19(28-4)6-8-20(18)21(22)11-13-25(23,24)3;1-17(2)13-15-26(4)24-11-10-23-22-8-6-18-16-19(27-5)7-9-20(18)21(22)12-14-25(23,24)3;1-4-27-15-5-14-25-23-11-10-22-21-8-6-17-16-18(26-3)7-9-19(17)20(21)12-13-24(22,23)2/h6,8,15-17,21-24H,5,7,9-14H2,1-4H3;7,9,16-17,21-24H,6,8,10-15H2,1-5H3;7,9,16,20-23,25H,4-6,8,10-15H2,1-3H3/t2*21-,22-,23+,24+,25+;20-,21-,22+,23+,24+/m111/s1. The summed E-state index contributed by atoms with van der Waals surface area (Å²) in [7, 11) is 7.72. The van der Waals surface area contributed by atoms with Gasteiger partial charge in [0.15, 0.2) is 0 Å². The highest BCUT2D eigenvalue weighted by atomic mass is 16.5. The Labute approximate surface area is 499 Å². The molecule has 1 amide bonds. The lowest BCUT2D eigenvalue weighted by molar-refractivity contribution is -0.124. The van der Waals surface area contributed by atoms with Crippen LogP contribution in [0.1, 0.15) is 222 Å². The Kier molecular flexibility index (Phi) is 19.9. The SMILES string of the molecule is CCOCCCN[C@H]1CC[C@H]2[C@@H]3CCc4cc(OC)ccc4[C@H]3CC[C@]12C.COc1ccc2c(c1)CC[C@@H]1[C@@H]2CC[C@]2(C)[C@@H](N(C)CCC(C)C)CC[C@@H]12.COc1ccc2c(c1)CC[C@@H]1[C@@H]2CC[C@]2(C)[C@@H](N(C=O)CCC(C)C)CC[C@@H]12. The van der Waals surface area contributed by atoms with E-state index in [0.717, 1.165) is 122 Å². The highest BCUT2D eigenvalue weighted by Crippen LogP contribution is 2.65. The zero-order valence-corrected chi connectivity index (χ0v) is 53.7. The Balaban J connectivity index is 0.000000138. The predicted molar refractivity (Wildman–Crippen MR) is 338 cm³/mol. The van der Waals surface area contributed by atoms with Crippen molar-refractivity contribution in [3.05, 3.63) is 88.0 Å². The van der Waals surface area contributed by atoms with E-state index in [2.05, 4.69) is 132 Å². The molecule has 82 heavy (non-hydrogen) atoms. The van der Waals surface area contributed by atoms with E-state index in [0.29, 0.717) is 40.2 Å². The number of fused-ring (bicyclic) bond motifs is 15. The first-order chi connectivity index (χ1) is 39.6. The number of hydrogen-bond donors (Lipinski definition) is 1. The molecule has 0 aliphatic heterocycles. The Bertz CT molecular complexity index is 2580. The molecule has 6 saturated carbocycles. The molecule has 15 atom stereocenters. The quantitative estimate of drug-likeness (QED) is 0.100. The third kappa shape index (κ3) is 12.2. The van der Waals surface area contributed by atoms with Gasteiger partial charge in [-0.25, -0.2) is 0 Å². The molecule has 6 fully saturated rings. The summed E-state index contributed by atoms with van der Waals surface area (Å²) in [5, 5.41) is 3.91. The number of rotatable bonds is 18. The van der Waals surface area contributed by atoms with E-state index in [1.165, 1.54) is 134 Å². The summed E-state index contributed by atoms with van der Waals surface area (Å²) in [6.07, 6.45) is 28.5. The number of hydrogen-bond acceptors (Lipinski definition) is 7. The zero-order chi connectivity index (χ0) is 57.9. The van der Waals surface area contributed by atoms with Crippen LogP contribution in [0.25, 0.3) is 0 Å². The number of aryl methyl sites for hydroxylation is 3. The summed E-state index contributed by atoms with van der Waals surface area (Å²) in [4.78, 5) is 16.8. The van der Waals surface area contributed by atoms with E-state index >= 15 is 0 Å². The van der Waals surface area contributed by atoms with Gasteiger partial charge in [-0.2, -0.15) is 0 Å². The minimum absolute atomic E-state index is 0.295. The molecule has 454 valence electrons. The van der Waals surface area contributed by atoms with Gasteiger partial charge in [0.05, 0.1) is 21.3 Å². The maximum Gasteiger partial charge on any atom is 0.209 e. The van der Waals surface area contributed by atoms with Crippen LogP contribution < -0.4 is 19.5 Å². The second-order valence-electron chi connectivity index (χ2n) is 29.6. The van der Waals surface area contributed by atoms with Gasteiger partial charge < -0.3 is 34.1 Å². The molecular weight excluding hydrogens is 1010 g/mol. The van der Waals surface area contributed by atoms with E-state index in [-0.39, 0.29) is 0 Å². The first kappa shape index (κ1) is 61.5. The van der Waals surface area contributed by atoms with Crippen LogP contribution in [0.4, 0.5) is 0 Å². The number of carbonyl (C=O) groups excluding carboxylic acids is 1. The molecule has 8 nitrogen and oxygen atoms in total. The summed E-state index contributed by atoms with van der Waals surface area (Å²) in [6.45, 7) is 24.0. The molecule has 8 heteroatoms. The van der Waals surface area contributed by atoms with Gasteiger partial charge in [-0.1, -0.05) is 66.7 Å². The van der Waals surface area contributed by atoms with Crippen LogP contribution in [0.15, 0.2) is 54.6 Å². The molecule has 0 heterocycles. The first-order valence-electron chi connectivity index (χ1n) is 33.8. The minimum atomic E-state index is 0.295. The molecular formula is C74H113N3O5. The van der Waals surface area contributed by atoms with E-state index in [1.807, 2.05) is 0 Å². The average Bonchev–Trinajstić information content (AvgIpc) is 2.98. The number of carbonyl (C=O) groups is 1. The predicted octanol–water partition coefficient (Wildman–Crippen LogP) is 16.3. The van der Waals surface area contributed by atoms with Crippen LogP contribution >= 0.6 is 0 Å². The first-order valence-corrected chi connectivity index (χ1v) is 33.8. The van der Waals surface area contributed by atoms with Crippen LogP contribution in [0, 0.1) is 63.6 Å². The fourth-order valence-corrected chi connectivity index (χ4v) is 20.5. The maximum atomic E-state index is 11.9. The number of methoxy groups -OCH3 is 3. The second-order valence-corrected chi connectivity index (χ2v) is 29.6. The number of ether oxygens (including phenoxy) is 4. The molecule has 3 aromatic rings. The van der Waals surface area contributed by atoms with Crippen LogP contribution in [0.2, 0.25) is 0 Å². The van der Waals surface area contributed by atoms with Gasteiger partial charge in [0.2, 0.25) is 6.41 Å². The lowest BCUT2D eigenvalue weighted by Gasteiger charge is -2.52. The van der Waals surface area contributed by atoms with Crippen LogP contribution in [0.3, 0.4) is 0 Å². The van der Waals surface area contributed by atoms with Crippen molar-refractivity contribution in [3.8, 4) is 17.2 Å². The molecule has 0 radical (unpaired) electrons. The normalized spacial score (nSPS) is 34.5. The van der Waals surface area contributed by atoms with Crippen molar-refractivity contribution in [2.45, 2.75) is 226 Å². The van der Waals surface area contributed by atoms with Crippen molar-refractivity contribution in [1.29, 1.82) is 0 Å². The fourth-order valence-electron chi connectivity index (χ4n) is 20.5. The molecule has 3 aromatic carbocycles. The van der Waals surface area contributed by atoms with Crippen molar-refractivity contribution < 1.29 is 23.7 Å². The van der Waals surface area contributed by atoms with Crippen LogP contribution in [-0.4, -0.2) is 95.6 Å². The number of nitrogens with one attached hydrogen (secondary N) is 1. The summed E-state index contributed by atoms with van der Waals surface area (Å²) in [5.74, 6) is 11.9. The second kappa shape index (κ2) is 26.6. The Morgan fingerprint density at radius 3 is 1.44 bits per heavy atom. The van der Waals surface area contributed by atoms with Crippen molar-refractivity contribution in [2.24, 2.45) is 63.6 Å². The maximum absolute atomic E-state index is 11.9. The largest absolute Gasteiger partial charge is 0.497 e. The zero-order valence-electron chi connectivity index (χ0n) is 53.7. The third-order valence-electron chi connectivity index (χ3n) is 24.9. The highest BCUT2D eigenvalue weighted by molar-refractivity contribution is 5.49. The average molecular weight is 1120 g/mol. The van der Waals surface area contributed by atoms with E-state index in [4.69, 9.17) is 18.9 Å².